The van der Waals surface area contributed by atoms with Crippen LogP contribution in [0.25, 0.3) is 5.65 Å². The van der Waals surface area contributed by atoms with Gasteiger partial charge in [0.05, 0.1) is 5.69 Å². The van der Waals surface area contributed by atoms with Crippen LogP contribution in [0.2, 0.25) is 0 Å². The Hall–Kier alpha value is -1.55. The number of fused-ring (bicyclic) bond motifs is 1. The van der Waals surface area contributed by atoms with Crippen LogP contribution in [0.3, 0.4) is 0 Å². The summed E-state index contributed by atoms with van der Waals surface area (Å²) in [4.78, 5) is 7.26. The molecule has 19 heavy (non-hydrogen) atoms. The van der Waals surface area contributed by atoms with E-state index < -0.39 is 0 Å². The fourth-order valence-electron chi connectivity index (χ4n) is 3.04. The van der Waals surface area contributed by atoms with Crippen molar-refractivity contribution >= 4 is 11.5 Å². The minimum Gasteiger partial charge on any atom is -0.355 e. The van der Waals surface area contributed by atoms with Crippen molar-refractivity contribution in [3.63, 3.8) is 0 Å². The average molecular weight is 258 g/mol. The number of imidazole rings is 1. The highest BCUT2D eigenvalue weighted by molar-refractivity contribution is 5.56. The number of nitrogens with two attached hydrogens (primary N) is 1. The molecule has 1 saturated heterocycles. The number of hydrogen-bond acceptors (Lipinski definition) is 3. The fraction of sp³-hybridized carbons (Fsp3) is 0.533. The Balaban J connectivity index is 2.03. The first-order chi connectivity index (χ1) is 9.29. The van der Waals surface area contributed by atoms with E-state index >= 15 is 0 Å². The Labute approximate surface area is 114 Å². The largest absolute Gasteiger partial charge is 0.355 e. The van der Waals surface area contributed by atoms with Gasteiger partial charge in [-0.05, 0) is 37.4 Å². The van der Waals surface area contributed by atoms with E-state index in [2.05, 4.69) is 34.6 Å². The van der Waals surface area contributed by atoms with Crippen molar-refractivity contribution in [1.82, 2.24) is 9.38 Å². The van der Waals surface area contributed by atoms with E-state index in [1.807, 2.05) is 6.07 Å². The molecule has 1 atom stereocenters. The molecule has 0 saturated carbocycles. The maximum Gasteiger partial charge on any atom is 0.151 e. The Kier molecular flexibility index (Phi) is 3.42. The number of pyridine rings is 1. The van der Waals surface area contributed by atoms with Crippen LogP contribution in [0.15, 0.2) is 24.4 Å². The van der Waals surface area contributed by atoms with Gasteiger partial charge in [-0.25, -0.2) is 4.98 Å². The number of piperidine rings is 1. The van der Waals surface area contributed by atoms with E-state index in [4.69, 9.17) is 10.7 Å². The van der Waals surface area contributed by atoms with Gasteiger partial charge in [0.15, 0.2) is 5.82 Å². The molecule has 3 heterocycles. The summed E-state index contributed by atoms with van der Waals surface area (Å²) in [6.07, 6.45) is 5.56. The molecule has 0 amide bonds. The molecule has 0 aromatic carbocycles. The molecule has 4 heteroatoms. The standard InChI is InChI=1S/C15H22N4/c1-12-5-4-9-18(11-12)15-13(7-8-16)19-10-3-2-6-14(19)17-15/h2-3,6,10,12H,4-5,7-9,11,16H2,1H3. The highest BCUT2D eigenvalue weighted by Gasteiger charge is 2.22. The van der Waals surface area contributed by atoms with Crippen molar-refractivity contribution in [3.05, 3.63) is 30.1 Å². The highest BCUT2D eigenvalue weighted by atomic mass is 15.2. The van der Waals surface area contributed by atoms with Crippen LogP contribution in [-0.4, -0.2) is 29.0 Å². The average Bonchev–Trinajstić information content (AvgIpc) is 2.79. The predicted octanol–water partition coefficient (Wildman–Crippen LogP) is 2.07. The van der Waals surface area contributed by atoms with Crippen LogP contribution in [0.5, 0.6) is 0 Å². The van der Waals surface area contributed by atoms with Crippen molar-refractivity contribution in [1.29, 1.82) is 0 Å². The van der Waals surface area contributed by atoms with Gasteiger partial charge in [-0.1, -0.05) is 13.0 Å². The number of nitrogens with zero attached hydrogens (tertiary/aromatic N) is 3. The minimum absolute atomic E-state index is 0.666. The molecule has 1 unspecified atom stereocenters. The smallest absolute Gasteiger partial charge is 0.151 e. The molecule has 1 aliphatic rings. The van der Waals surface area contributed by atoms with Crippen molar-refractivity contribution in [2.24, 2.45) is 11.7 Å². The summed E-state index contributed by atoms with van der Waals surface area (Å²) in [7, 11) is 0. The summed E-state index contributed by atoms with van der Waals surface area (Å²) >= 11 is 0. The van der Waals surface area contributed by atoms with Gasteiger partial charge in [-0.3, -0.25) is 0 Å². The van der Waals surface area contributed by atoms with E-state index in [1.54, 1.807) is 0 Å². The molecule has 2 N–H and O–H groups in total. The lowest BCUT2D eigenvalue weighted by Gasteiger charge is -2.31. The number of hydrogen-bond donors (Lipinski definition) is 1. The minimum atomic E-state index is 0.666. The monoisotopic (exact) mass is 258 g/mol. The lowest BCUT2D eigenvalue weighted by molar-refractivity contribution is 0.444. The van der Waals surface area contributed by atoms with Crippen LogP contribution < -0.4 is 10.6 Å². The zero-order valence-electron chi connectivity index (χ0n) is 11.5. The summed E-state index contributed by atoms with van der Waals surface area (Å²) < 4.78 is 2.18. The third-order valence-electron chi connectivity index (χ3n) is 3.95. The first-order valence-corrected chi connectivity index (χ1v) is 7.20. The van der Waals surface area contributed by atoms with E-state index in [0.717, 1.165) is 36.9 Å². The second-order valence-corrected chi connectivity index (χ2v) is 5.54. The molecule has 3 rings (SSSR count). The molecule has 0 aliphatic carbocycles. The molecule has 2 aromatic heterocycles. The van der Waals surface area contributed by atoms with Crippen LogP contribution in [0.1, 0.15) is 25.5 Å². The Morgan fingerprint density at radius 3 is 3.11 bits per heavy atom. The quantitative estimate of drug-likeness (QED) is 0.916. The normalized spacial score (nSPS) is 20.1. The Bertz CT molecular complexity index is 560. The Morgan fingerprint density at radius 2 is 2.32 bits per heavy atom. The maximum absolute atomic E-state index is 5.78. The third kappa shape index (κ3) is 2.32. The lowest BCUT2D eigenvalue weighted by Crippen LogP contribution is -2.35. The first-order valence-electron chi connectivity index (χ1n) is 7.20. The molecule has 0 bridgehead atoms. The fourth-order valence-corrected chi connectivity index (χ4v) is 3.04. The summed E-state index contributed by atoms with van der Waals surface area (Å²) in [5, 5.41) is 0. The van der Waals surface area contributed by atoms with Crippen LogP contribution in [0.4, 0.5) is 5.82 Å². The number of aromatic nitrogens is 2. The molecular weight excluding hydrogens is 236 g/mol. The second-order valence-electron chi connectivity index (χ2n) is 5.54. The van der Waals surface area contributed by atoms with Gasteiger partial charge in [0.1, 0.15) is 5.65 Å². The van der Waals surface area contributed by atoms with Crippen molar-refractivity contribution < 1.29 is 0 Å². The van der Waals surface area contributed by atoms with Crippen LogP contribution in [0, 0.1) is 5.92 Å². The summed E-state index contributed by atoms with van der Waals surface area (Å²) in [6, 6.07) is 6.16. The first kappa shape index (κ1) is 12.5. The van der Waals surface area contributed by atoms with E-state index in [1.165, 1.54) is 18.5 Å². The van der Waals surface area contributed by atoms with Crippen molar-refractivity contribution in [2.45, 2.75) is 26.2 Å². The summed E-state index contributed by atoms with van der Waals surface area (Å²) in [5.74, 6) is 1.90. The van der Waals surface area contributed by atoms with Gasteiger partial charge in [-0.2, -0.15) is 0 Å². The SMILES string of the molecule is CC1CCCN(c2nc3ccccn3c2CCN)C1. The Morgan fingerprint density at radius 1 is 1.42 bits per heavy atom. The zero-order chi connectivity index (χ0) is 13.2. The molecule has 1 aliphatic heterocycles. The molecule has 0 spiro atoms. The zero-order valence-corrected chi connectivity index (χ0v) is 11.5. The van der Waals surface area contributed by atoms with E-state index in [-0.39, 0.29) is 0 Å². The maximum atomic E-state index is 5.78. The molecular formula is C15H22N4. The number of anilines is 1. The topological polar surface area (TPSA) is 46.6 Å². The van der Waals surface area contributed by atoms with Crippen molar-refractivity contribution in [2.75, 3.05) is 24.5 Å². The second kappa shape index (κ2) is 5.21. The third-order valence-corrected chi connectivity index (χ3v) is 3.95. The van der Waals surface area contributed by atoms with Gasteiger partial charge in [0.2, 0.25) is 0 Å². The van der Waals surface area contributed by atoms with Gasteiger partial charge >= 0.3 is 0 Å². The summed E-state index contributed by atoms with van der Waals surface area (Å²) in [5.41, 5.74) is 8.06. The van der Waals surface area contributed by atoms with Gasteiger partial charge < -0.3 is 15.0 Å². The highest BCUT2D eigenvalue weighted by Crippen LogP contribution is 2.26. The summed E-state index contributed by atoms with van der Waals surface area (Å²) in [6.45, 7) is 5.22. The molecule has 4 nitrogen and oxygen atoms in total. The number of rotatable bonds is 3. The van der Waals surface area contributed by atoms with Gasteiger partial charge in [-0.15, -0.1) is 0 Å². The molecule has 1 fully saturated rings. The molecule has 0 radical (unpaired) electrons. The van der Waals surface area contributed by atoms with Gasteiger partial charge in [0.25, 0.3) is 0 Å². The van der Waals surface area contributed by atoms with Crippen LogP contribution in [-0.2, 0) is 6.42 Å². The predicted molar refractivity (Wildman–Crippen MR) is 78.6 cm³/mol. The van der Waals surface area contributed by atoms with Crippen LogP contribution >= 0.6 is 0 Å². The molecule has 2 aromatic rings. The van der Waals surface area contributed by atoms with Crippen molar-refractivity contribution in [3.8, 4) is 0 Å². The van der Waals surface area contributed by atoms with Gasteiger partial charge in [0, 0.05) is 25.7 Å². The van der Waals surface area contributed by atoms with E-state index in [9.17, 15) is 0 Å². The van der Waals surface area contributed by atoms with E-state index in [0.29, 0.717) is 6.54 Å². The molecule has 102 valence electrons. The lowest BCUT2D eigenvalue weighted by atomic mass is 10.0.